The molecule has 0 aliphatic carbocycles. The van der Waals surface area contributed by atoms with Crippen LogP contribution < -0.4 is 5.09 Å². The number of rotatable bonds is 5. The first kappa shape index (κ1) is 17.7. The van der Waals surface area contributed by atoms with E-state index >= 15 is 0 Å². The van der Waals surface area contributed by atoms with Crippen LogP contribution in [0.5, 0.6) is 0 Å². The normalized spacial score (nSPS) is 29.3. The lowest BCUT2D eigenvalue weighted by molar-refractivity contribution is -0.211. The average Bonchev–Trinajstić information content (AvgIpc) is 2.47. The molecule has 2 unspecified atom stereocenters. The zero-order chi connectivity index (χ0) is 16.3. The molecular formula is C18H30NO2P. The molecule has 0 amide bonds. The van der Waals surface area contributed by atoms with E-state index in [-0.39, 0.29) is 18.0 Å². The maximum Gasteiger partial charge on any atom is 0.161 e. The van der Waals surface area contributed by atoms with Gasteiger partial charge in [0.1, 0.15) is 11.7 Å². The van der Waals surface area contributed by atoms with E-state index in [9.17, 15) is 0 Å². The quantitative estimate of drug-likeness (QED) is 0.727. The minimum Gasteiger partial charge on any atom is -0.360 e. The standard InChI is InChI=1S/C18H30NO2P/c1-12(2)16-20-17(13(3)4)22(18(21-16)14(5)6)19-15-10-8-7-9-11-15/h7-14,16-19H,1-6H3. The van der Waals surface area contributed by atoms with E-state index in [4.69, 9.17) is 9.47 Å². The first-order chi connectivity index (χ1) is 10.4. The van der Waals surface area contributed by atoms with Gasteiger partial charge in [-0.05, 0) is 24.0 Å². The molecular weight excluding hydrogens is 293 g/mol. The number of benzene rings is 1. The molecule has 0 radical (unpaired) electrons. The maximum absolute atomic E-state index is 6.32. The largest absolute Gasteiger partial charge is 0.360 e. The van der Waals surface area contributed by atoms with Crippen molar-refractivity contribution in [3.8, 4) is 0 Å². The Morgan fingerprint density at radius 1 is 0.818 bits per heavy atom. The zero-order valence-electron chi connectivity index (χ0n) is 14.6. The Bertz CT molecular complexity index is 432. The Balaban J connectivity index is 2.24. The second-order valence-corrected chi connectivity index (χ2v) is 9.09. The first-order valence-corrected chi connectivity index (χ1v) is 9.79. The molecule has 2 rings (SSSR count). The molecule has 1 aliphatic heterocycles. The maximum atomic E-state index is 6.32. The van der Waals surface area contributed by atoms with Gasteiger partial charge in [0.25, 0.3) is 0 Å². The van der Waals surface area contributed by atoms with Crippen LogP contribution >= 0.6 is 8.07 Å². The summed E-state index contributed by atoms with van der Waals surface area (Å²) >= 11 is 0. The summed E-state index contributed by atoms with van der Waals surface area (Å²) in [6, 6.07) is 10.4. The molecule has 1 aliphatic rings. The van der Waals surface area contributed by atoms with E-state index in [0.717, 1.165) is 5.69 Å². The van der Waals surface area contributed by atoms with Gasteiger partial charge in [-0.15, -0.1) is 0 Å². The van der Waals surface area contributed by atoms with Crippen LogP contribution in [0, 0.1) is 17.8 Å². The highest BCUT2D eigenvalue weighted by atomic mass is 31.1. The zero-order valence-corrected chi connectivity index (χ0v) is 15.5. The second-order valence-electron chi connectivity index (χ2n) is 7.04. The van der Waals surface area contributed by atoms with Crippen molar-refractivity contribution in [2.45, 2.75) is 59.5 Å². The molecule has 2 atom stereocenters. The summed E-state index contributed by atoms with van der Waals surface area (Å²) in [5.74, 6) is 1.73. The van der Waals surface area contributed by atoms with Crippen LogP contribution in [0.2, 0.25) is 0 Å². The summed E-state index contributed by atoms with van der Waals surface area (Å²) < 4.78 is 12.6. The van der Waals surface area contributed by atoms with Gasteiger partial charge in [-0.1, -0.05) is 59.7 Å². The van der Waals surface area contributed by atoms with E-state index in [0.29, 0.717) is 17.8 Å². The minimum atomic E-state index is -0.600. The third-order valence-electron chi connectivity index (χ3n) is 3.81. The van der Waals surface area contributed by atoms with Gasteiger partial charge in [0, 0.05) is 19.7 Å². The Kier molecular flexibility index (Phi) is 6.26. The van der Waals surface area contributed by atoms with Crippen molar-refractivity contribution in [1.82, 2.24) is 0 Å². The molecule has 1 fully saturated rings. The van der Waals surface area contributed by atoms with Crippen molar-refractivity contribution < 1.29 is 9.47 Å². The van der Waals surface area contributed by atoms with Crippen molar-refractivity contribution in [1.29, 1.82) is 0 Å². The third kappa shape index (κ3) is 4.22. The van der Waals surface area contributed by atoms with Crippen molar-refractivity contribution in [2.75, 3.05) is 5.09 Å². The van der Waals surface area contributed by atoms with Crippen LogP contribution in [0.25, 0.3) is 0 Å². The number of anilines is 1. The summed E-state index contributed by atoms with van der Waals surface area (Å²) in [6.45, 7) is 13.3. The molecule has 0 aromatic heterocycles. The van der Waals surface area contributed by atoms with E-state index in [1.807, 2.05) is 6.07 Å². The lowest BCUT2D eigenvalue weighted by Crippen LogP contribution is -2.44. The SMILES string of the molecule is CC(C)C1OC(C(C)C)P(Nc2ccccc2)C(C(C)C)O1. The smallest absolute Gasteiger partial charge is 0.161 e. The van der Waals surface area contributed by atoms with Gasteiger partial charge >= 0.3 is 0 Å². The second kappa shape index (κ2) is 7.77. The molecule has 1 aromatic carbocycles. The highest BCUT2D eigenvalue weighted by Crippen LogP contribution is 2.56. The summed E-state index contributed by atoms with van der Waals surface area (Å²) in [4.78, 5) is 0. The van der Waals surface area contributed by atoms with Crippen molar-refractivity contribution in [2.24, 2.45) is 17.8 Å². The average molecular weight is 323 g/mol. The fourth-order valence-electron chi connectivity index (χ4n) is 2.64. The molecule has 4 heteroatoms. The minimum absolute atomic E-state index is 0.101. The number of nitrogens with one attached hydrogen (secondary N) is 1. The fraction of sp³-hybridized carbons (Fsp3) is 0.667. The van der Waals surface area contributed by atoms with Crippen LogP contribution in [0.15, 0.2) is 30.3 Å². The summed E-state index contributed by atoms with van der Waals surface area (Å²) in [6.07, 6.45) is -0.101. The summed E-state index contributed by atoms with van der Waals surface area (Å²) in [5.41, 5.74) is 1.15. The summed E-state index contributed by atoms with van der Waals surface area (Å²) in [7, 11) is -0.600. The number of para-hydroxylation sites is 1. The third-order valence-corrected chi connectivity index (χ3v) is 6.86. The van der Waals surface area contributed by atoms with Crippen LogP contribution in [-0.2, 0) is 9.47 Å². The first-order valence-electron chi connectivity index (χ1n) is 8.31. The van der Waals surface area contributed by atoms with Crippen molar-refractivity contribution in [3.63, 3.8) is 0 Å². The van der Waals surface area contributed by atoms with E-state index in [2.05, 4.69) is 70.9 Å². The van der Waals surface area contributed by atoms with Crippen LogP contribution in [0.1, 0.15) is 41.5 Å². The molecule has 1 N–H and O–H groups in total. The number of hydrogen-bond donors (Lipinski definition) is 1. The Hall–Kier alpha value is -0.630. The number of ether oxygens (including phenoxy) is 2. The highest BCUT2D eigenvalue weighted by Gasteiger charge is 2.43. The monoisotopic (exact) mass is 323 g/mol. The molecule has 124 valence electrons. The lowest BCUT2D eigenvalue weighted by Gasteiger charge is -2.46. The predicted molar refractivity (Wildman–Crippen MR) is 95.0 cm³/mol. The van der Waals surface area contributed by atoms with E-state index in [1.165, 1.54) is 0 Å². The predicted octanol–water partition coefficient (Wildman–Crippen LogP) is 5.49. The molecule has 22 heavy (non-hydrogen) atoms. The van der Waals surface area contributed by atoms with Crippen molar-refractivity contribution >= 4 is 13.8 Å². The van der Waals surface area contributed by atoms with Gasteiger partial charge in [-0.3, -0.25) is 0 Å². The summed E-state index contributed by atoms with van der Waals surface area (Å²) in [5, 5.41) is 3.72. The molecule has 3 nitrogen and oxygen atoms in total. The van der Waals surface area contributed by atoms with E-state index in [1.54, 1.807) is 0 Å². The molecule has 0 spiro atoms. The molecule has 1 heterocycles. The molecule has 0 bridgehead atoms. The van der Waals surface area contributed by atoms with Gasteiger partial charge in [-0.2, -0.15) is 0 Å². The number of hydrogen-bond acceptors (Lipinski definition) is 3. The van der Waals surface area contributed by atoms with Crippen LogP contribution in [0.4, 0.5) is 5.69 Å². The van der Waals surface area contributed by atoms with Gasteiger partial charge < -0.3 is 14.6 Å². The fourth-order valence-corrected chi connectivity index (χ4v) is 5.42. The van der Waals surface area contributed by atoms with Gasteiger partial charge in [0.2, 0.25) is 0 Å². The topological polar surface area (TPSA) is 30.5 Å². The van der Waals surface area contributed by atoms with Gasteiger partial charge in [0.05, 0.1) is 0 Å². The molecule has 1 aromatic rings. The lowest BCUT2D eigenvalue weighted by atomic mass is 10.2. The van der Waals surface area contributed by atoms with Crippen molar-refractivity contribution in [3.05, 3.63) is 30.3 Å². The van der Waals surface area contributed by atoms with Crippen LogP contribution in [-0.4, -0.2) is 18.0 Å². The van der Waals surface area contributed by atoms with E-state index < -0.39 is 8.07 Å². The van der Waals surface area contributed by atoms with Gasteiger partial charge in [-0.25, -0.2) is 0 Å². The Morgan fingerprint density at radius 3 is 1.73 bits per heavy atom. The van der Waals surface area contributed by atoms with Gasteiger partial charge in [0.15, 0.2) is 6.29 Å². The highest BCUT2D eigenvalue weighted by molar-refractivity contribution is 7.60. The molecule has 1 saturated heterocycles. The Labute approximate surface area is 136 Å². The Morgan fingerprint density at radius 2 is 1.32 bits per heavy atom. The van der Waals surface area contributed by atoms with Crippen LogP contribution in [0.3, 0.4) is 0 Å². The molecule has 0 saturated carbocycles.